The van der Waals surface area contributed by atoms with Gasteiger partial charge in [0.2, 0.25) is 0 Å². The van der Waals surface area contributed by atoms with Crippen molar-refractivity contribution in [3.8, 4) is 0 Å². The summed E-state index contributed by atoms with van der Waals surface area (Å²) in [5, 5.41) is 0. The first-order valence-corrected chi connectivity index (χ1v) is 9.80. The second-order valence-corrected chi connectivity index (χ2v) is 7.16. The third kappa shape index (κ3) is 4.64. The molecule has 0 amide bonds. The zero-order valence-corrected chi connectivity index (χ0v) is 16.1. The SMILES string of the molecule is CCCC=CCCc1cccc(C2=CC(F)=CCC2(F)c2cccc(F)c2)c1. The monoisotopic (exact) mass is 382 g/mol. The van der Waals surface area contributed by atoms with Gasteiger partial charge in [0.1, 0.15) is 11.6 Å². The van der Waals surface area contributed by atoms with Crippen LogP contribution in [-0.2, 0) is 12.1 Å². The zero-order chi connectivity index (χ0) is 20.0. The number of unbranched alkanes of at least 4 members (excludes halogenated alkanes) is 1. The summed E-state index contributed by atoms with van der Waals surface area (Å²) in [6.07, 6.45) is 10.5. The summed E-state index contributed by atoms with van der Waals surface area (Å²) in [4.78, 5) is 0. The maximum Gasteiger partial charge on any atom is 0.165 e. The molecule has 0 nitrogen and oxygen atoms in total. The lowest BCUT2D eigenvalue weighted by atomic mass is 9.78. The fourth-order valence-electron chi connectivity index (χ4n) is 3.53. The van der Waals surface area contributed by atoms with Crippen molar-refractivity contribution < 1.29 is 13.2 Å². The number of rotatable bonds is 7. The summed E-state index contributed by atoms with van der Waals surface area (Å²) in [5.74, 6) is -0.968. The van der Waals surface area contributed by atoms with Crippen molar-refractivity contribution in [2.24, 2.45) is 0 Å². The quantitative estimate of drug-likeness (QED) is 0.432. The summed E-state index contributed by atoms with van der Waals surface area (Å²) in [5.41, 5.74) is 0.176. The van der Waals surface area contributed by atoms with Gasteiger partial charge in [-0.2, -0.15) is 0 Å². The average molecular weight is 382 g/mol. The molecule has 1 aliphatic carbocycles. The lowest BCUT2D eigenvalue weighted by Crippen LogP contribution is -2.24. The molecule has 146 valence electrons. The number of halogens is 3. The van der Waals surface area contributed by atoms with Crippen molar-refractivity contribution in [2.75, 3.05) is 0 Å². The third-order valence-electron chi connectivity index (χ3n) is 5.03. The molecular formula is C25H25F3. The fourth-order valence-corrected chi connectivity index (χ4v) is 3.53. The molecule has 0 spiro atoms. The number of hydrogen-bond donors (Lipinski definition) is 0. The summed E-state index contributed by atoms with van der Waals surface area (Å²) in [7, 11) is 0. The van der Waals surface area contributed by atoms with Crippen LogP contribution >= 0.6 is 0 Å². The third-order valence-corrected chi connectivity index (χ3v) is 5.03. The van der Waals surface area contributed by atoms with E-state index in [9.17, 15) is 8.78 Å². The van der Waals surface area contributed by atoms with Gasteiger partial charge in [-0.25, -0.2) is 13.2 Å². The number of aryl methyl sites for hydroxylation is 1. The molecule has 1 aliphatic rings. The Bertz CT molecular complexity index is 908. The molecule has 3 rings (SSSR count). The fraction of sp³-hybridized carbons (Fsp3) is 0.280. The molecule has 2 aromatic rings. The molecule has 2 aromatic carbocycles. The van der Waals surface area contributed by atoms with Crippen LogP contribution in [0.4, 0.5) is 13.2 Å². The zero-order valence-electron chi connectivity index (χ0n) is 16.1. The van der Waals surface area contributed by atoms with Gasteiger partial charge in [0, 0.05) is 12.0 Å². The van der Waals surface area contributed by atoms with E-state index in [2.05, 4.69) is 19.1 Å². The Morgan fingerprint density at radius 2 is 1.79 bits per heavy atom. The second kappa shape index (κ2) is 9.09. The smallest absolute Gasteiger partial charge is 0.165 e. The van der Waals surface area contributed by atoms with Gasteiger partial charge in [-0.3, -0.25) is 0 Å². The van der Waals surface area contributed by atoms with Crippen LogP contribution in [0.25, 0.3) is 5.57 Å². The molecule has 0 saturated heterocycles. The van der Waals surface area contributed by atoms with Gasteiger partial charge in [0.15, 0.2) is 5.67 Å². The van der Waals surface area contributed by atoms with E-state index in [4.69, 9.17) is 0 Å². The lowest BCUT2D eigenvalue weighted by Gasteiger charge is -2.31. The van der Waals surface area contributed by atoms with Crippen molar-refractivity contribution in [3.63, 3.8) is 0 Å². The van der Waals surface area contributed by atoms with Crippen molar-refractivity contribution >= 4 is 5.57 Å². The second-order valence-electron chi connectivity index (χ2n) is 7.16. The van der Waals surface area contributed by atoms with Crippen LogP contribution in [0.15, 0.2) is 78.7 Å². The van der Waals surface area contributed by atoms with Crippen LogP contribution in [0.2, 0.25) is 0 Å². The van der Waals surface area contributed by atoms with Crippen LogP contribution in [-0.4, -0.2) is 0 Å². The van der Waals surface area contributed by atoms with Gasteiger partial charge in [-0.15, -0.1) is 0 Å². The highest BCUT2D eigenvalue weighted by Crippen LogP contribution is 2.46. The number of benzene rings is 2. The first kappa shape index (κ1) is 20.2. The van der Waals surface area contributed by atoms with Crippen LogP contribution in [0.1, 0.15) is 49.3 Å². The summed E-state index contributed by atoms with van der Waals surface area (Å²) in [6, 6.07) is 13.1. The summed E-state index contributed by atoms with van der Waals surface area (Å²) < 4.78 is 43.8. The van der Waals surface area contributed by atoms with Gasteiger partial charge in [0.05, 0.1) is 0 Å². The van der Waals surface area contributed by atoms with E-state index in [-0.39, 0.29) is 17.6 Å². The van der Waals surface area contributed by atoms with Gasteiger partial charge in [0.25, 0.3) is 0 Å². The highest BCUT2D eigenvalue weighted by Gasteiger charge is 2.39. The summed E-state index contributed by atoms with van der Waals surface area (Å²) >= 11 is 0. The van der Waals surface area contributed by atoms with Gasteiger partial charge in [-0.05, 0) is 60.2 Å². The van der Waals surface area contributed by atoms with Crippen molar-refractivity contribution in [2.45, 2.75) is 44.7 Å². The highest BCUT2D eigenvalue weighted by atomic mass is 19.1. The van der Waals surface area contributed by atoms with E-state index in [0.29, 0.717) is 5.56 Å². The molecule has 1 unspecified atom stereocenters. The lowest BCUT2D eigenvalue weighted by molar-refractivity contribution is 0.246. The van der Waals surface area contributed by atoms with Crippen LogP contribution in [0.5, 0.6) is 0 Å². The molecule has 1 atom stereocenters. The Labute approximate surface area is 165 Å². The minimum Gasteiger partial charge on any atom is -0.233 e. The molecule has 0 aliphatic heterocycles. The average Bonchev–Trinajstić information content (AvgIpc) is 2.70. The largest absolute Gasteiger partial charge is 0.233 e. The topological polar surface area (TPSA) is 0 Å². The minimum atomic E-state index is -1.96. The van der Waals surface area contributed by atoms with E-state index >= 15 is 4.39 Å². The maximum atomic E-state index is 16.1. The molecule has 0 bridgehead atoms. The van der Waals surface area contributed by atoms with Crippen molar-refractivity contribution in [3.05, 3.63) is 101 Å². The first-order chi connectivity index (χ1) is 13.5. The van der Waals surface area contributed by atoms with Crippen molar-refractivity contribution in [1.29, 1.82) is 0 Å². The molecule has 0 saturated carbocycles. The van der Waals surface area contributed by atoms with Crippen LogP contribution in [0.3, 0.4) is 0 Å². The van der Waals surface area contributed by atoms with E-state index in [1.807, 2.05) is 18.2 Å². The molecule has 28 heavy (non-hydrogen) atoms. The molecule has 0 N–H and O–H groups in total. The standard InChI is InChI=1S/C25H25F3/c1-2-3-4-5-6-9-19-10-7-11-20(16-19)24-18-23(27)14-15-25(24,28)21-12-8-13-22(26)17-21/h4-5,7-8,10-14,16-18H,2-3,6,9,15H2,1H3. The maximum absolute atomic E-state index is 16.1. The molecule has 0 aromatic heterocycles. The van der Waals surface area contributed by atoms with Gasteiger partial charge >= 0.3 is 0 Å². The van der Waals surface area contributed by atoms with Crippen molar-refractivity contribution in [1.82, 2.24) is 0 Å². The van der Waals surface area contributed by atoms with E-state index in [0.717, 1.165) is 31.2 Å². The summed E-state index contributed by atoms with van der Waals surface area (Å²) in [6.45, 7) is 2.14. The van der Waals surface area contributed by atoms with Gasteiger partial charge in [-0.1, -0.05) is 61.9 Å². The Morgan fingerprint density at radius 3 is 2.57 bits per heavy atom. The first-order valence-electron chi connectivity index (χ1n) is 9.80. The van der Waals surface area contributed by atoms with E-state index in [1.54, 1.807) is 12.1 Å². The highest BCUT2D eigenvalue weighted by molar-refractivity contribution is 5.77. The Balaban J connectivity index is 1.91. The number of allylic oxidation sites excluding steroid dienone is 6. The molecular weight excluding hydrogens is 357 g/mol. The van der Waals surface area contributed by atoms with E-state index < -0.39 is 17.3 Å². The Kier molecular flexibility index (Phi) is 6.56. The number of alkyl halides is 1. The number of hydrogen-bond acceptors (Lipinski definition) is 0. The molecule has 0 radical (unpaired) electrons. The van der Waals surface area contributed by atoms with Gasteiger partial charge < -0.3 is 0 Å². The Morgan fingerprint density at radius 1 is 1.00 bits per heavy atom. The Hall–Kier alpha value is -2.55. The van der Waals surface area contributed by atoms with E-state index in [1.165, 1.54) is 30.4 Å². The normalized spacial score (nSPS) is 19.6. The minimum absolute atomic E-state index is 0.155. The molecule has 0 fully saturated rings. The predicted octanol–water partition coefficient (Wildman–Crippen LogP) is 7.62. The molecule has 3 heteroatoms. The molecule has 0 heterocycles. The van der Waals surface area contributed by atoms with Crippen LogP contribution in [0, 0.1) is 5.82 Å². The predicted molar refractivity (Wildman–Crippen MR) is 110 cm³/mol. The van der Waals surface area contributed by atoms with Crippen LogP contribution < -0.4 is 0 Å².